The van der Waals surface area contributed by atoms with Gasteiger partial charge < -0.3 is 20.1 Å². The van der Waals surface area contributed by atoms with Gasteiger partial charge >= 0.3 is 12.1 Å². The molecule has 0 saturated carbocycles. The second kappa shape index (κ2) is 10.3. The molecule has 2 aromatic rings. The van der Waals surface area contributed by atoms with Gasteiger partial charge in [0.15, 0.2) is 0 Å². The predicted octanol–water partition coefficient (Wildman–Crippen LogP) is 4.12. The minimum Gasteiger partial charge on any atom is -0.481 e. The van der Waals surface area contributed by atoms with Crippen LogP contribution in [0.5, 0.6) is 0 Å². The molecule has 180 valence electrons. The summed E-state index contributed by atoms with van der Waals surface area (Å²) in [4.78, 5) is 38.1. The molecule has 1 fully saturated rings. The molecule has 7 nitrogen and oxygen atoms in total. The fourth-order valence-corrected chi connectivity index (χ4v) is 5.11. The number of carboxylic acids is 1. The average Bonchev–Trinajstić information content (AvgIpc) is 3.38. The molecule has 2 aliphatic rings. The van der Waals surface area contributed by atoms with Crippen molar-refractivity contribution in [3.63, 3.8) is 0 Å². The number of amides is 2. The van der Waals surface area contributed by atoms with E-state index in [0.717, 1.165) is 17.5 Å². The smallest absolute Gasteiger partial charge is 0.407 e. The van der Waals surface area contributed by atoms with Gasteiger partial charge in [0.2, 0.25) is 5.91 Å². The van der Waals surface area contributed by atoms with E-state index < -0.39 is 18.0 Å². The van der Waals surface area contributed by atoms with Gasteiger partial charge in [-0.2, -0.15) is 0 Å². The van der Waals surface area contributed by atoms with E-state index in [4.69, 9.17) is 4.74 Å². The Morgan fingerprint density at radius 2 is 1.68 bits per heavy atom. The van der Waals surface area contributed by atoms with Gasteiger partial charge in [0.1, 0.15) is 6.61 Å². The van der Waals surface area contributed by atoms with Gasteiger partial charge in [0, 0.05) is 32.0 Å². The zero-order chi connectivity index (χ0) is 24.2. The van der Waals surface area contributed by atoms with Crippen LogP contribution in [0.15, 0.2) is 48.5 Å². The quantitative estimate of drug-likeness (QED) is 0.613. The van der Waals surface area contributed by atoms with E-state index in [9.17, 15) is 19.5 Å². The highest BCUT2D eigenvalue weighted by molar-refractivity contribution is 5.80. The number of aliphatic carboxylic acids is 1. The summed E-state index contributed by atoms with van der Waals surface area (Å²) in [5.74, 6) is -1.51. The first kappa shape index (κ1) is 23.8. The molecule has 0 aromatic heterocycles. The van der Waals surface area contributed by atoms with Crippen molar-refractivity contribution >= 4 is 18.0 Å². The number of carbonyl (C=O) groups excluding carboxylic acids is 2. The second-order valence-electron chi connectivity index (χ2n) is 9.41. The summed E-state index contributed by atoms with van der Waals surface area (Å²) in [7, 11) is 0. The Kier molecular flexibility index (Phi) is 7.20. The number of fused-ring (bicyclic) bond motifs is 3. The summed E-state index contributed by atoms with van der Waals surface area (Å²) < 4.78 is 5.58. The zero-order valence-electron chi connectivity index (χ0n) is 19.7. The summed E-state index contributed by atoms with van der Waals surface area (Å²) in [6, 6.07) is 16.4. The van der Waals surface area contributed by atoms with Gasteiger partial charge in [-0.1, -0.05) is 68.8 Å². The van der Waals surface area contributed by atoms with Crippen molar-refractivity contribution in [3.8, 4) is 11.1 Å². The Labute approximate surface area is 200 Å². The topological polar surface area (TPSA) is 95.9 Å². The highest BCUT2D eigenvalue weighted by Gasteiger charge is 2.37. The Bertz CT molecular complexity index is 1020. The third-order valence-electron chi connectivity index (χ3n) is 7.20. The van der Waals surface area contributed by atoms with Gasteiger partial charge in [0.25, 0.3) is 0 Å². The molecule has 3 atom stereocenters. The number of hydrogen-bond acceptors (Lipinski definition) is 4. The fraction of sp³-hybridized carbons (Fsp3) is 0.444. The average molecular weight is 465 g/mol. The minimum absolute atomic E-state index is 0.000960. The highest BCUT2D eigenvalue weighted by Crippen LogP contribution is 2.44. The van der Waals surface area contributed by atoms with Crippen LogP contribution in [0.4, 0.5) is 4.79 Å². The summed E-state index contributed by atoms with van der Waals surface area (Å²) in [6.07, 6.45) is 0.508. The summed E-state index contributed by atoms with van der Waals surface area (Å²) in [5.41, 5.74) is 4.68. The van der Waals surface area contributed by atoms with E-state index in [0.29, 0.717) is 13.1 Å². The molecule has 0 bridgehead atoms. The standard InChI is InChI=1S/C27H32N2O5/c1-3-18(12-25(30)29-14-17(2)23(15-29)26(31)32)13-28-27(33)34-16-24-21-10-6-4-8-19(21)20-9-5-7-11-22(20)24/h4-11,17-18,23-24H,3,12-16H2,1-2H3,(H,28,33)(H,31,32)/t17-,18?,23-/m0/s1. The Morgan fingerprint density at radius 1 is 1.06 bits per heavy atom. The van der Waals surface area contributed by atoms with Crippen LogP contribution in [0.25, 0.3) is 11.1 Å². The van der Waals surface area contributed by atoms with Crippen LogP contribution in [0.3, 0.4) is 0 Å². The first-order valence-electron chi connectivity index (χ1n) is 12.0. The van der Waals surface area contributed by atoms with Crippen LogP contribution in [-0.4, -0.2) is 54.2 Å². The highest BCUT2D eigenvalue weighted by atomic mass is 16.5. The number of hydrogen-bond donors (Lipinski definition) is 2. The van der Waals surface area contributed by atoms with Crippen molar-refractivity contribution in [2.24, 2.45) is 17.8 Å². The third kappa shape index (κ3) is 4.93. The molecule has 7 heteroatoms. The van der Waals surface area contributed by atoms with Crippen molar-refractivity contribution in [1.29, 1.82) is 0 Å². The van der Waals surface area contributed by atoms with Crippen molar-refractivity contribution < 1.29 is 24.2 Å². The molecule has 2 aromatic carbocycles. The van der Waals surface area contributed by atoms with Gasteiger partial charge in [-0.05, 0) is 34.1 Å². The number of nitrogens with zero attached hydrogens (tertiary/aromatic N) is 1. The van der Waals surface area contributed by atoms with Crippen molar-refractivity contribution in [1.82, 2.24) is 10.2 Å². The van der Waals surface area contributed by atoms with Crippen LogP contribution in [0.1, 0.15) is 43.7 Å². The maximum Gasteiger partial charge on any atom is 0.407 e. The zero-order valence-corrected chi connectivity index (χ0v) is 19.7. The van der Waals surface area contributed by atoms with Crippen LogP contribution < -0.4 is 5.32 Å². The van der Waals surface area contributed by atoms with E-state index in [1.165, 1.54) is 11.1 Å². The molecule has 1 unspecified atom stereocenters. The van der Waals surface area contributed by atoms with Crippen LogP contribution >= 0.6 is 0 Å². The fourth-order valence-electron chi connectivity index (χ4n) is 5.11. The number of alkyl carbamates (subject to hydrolysis) is 1. The second-order valence-corrected chi connectivity index (χ2v) is 9.41. The van der Waals surface area contributed by atoms with E-state index >= 15 is 0 Å². The lowest BCUT2D eigenvalue weighted by Crippen LogP contribution is -2.35. The van der Waals surface area contributed by atoms with Gasteiger partial charge in [-0.25, -0.2) is 4.79 Å². The van der Waals surface area contributed by atoms with Crippen LogP contribution in [-0.2, 0) is 14.3 Å². The van der Waals surface area contributed by atoms with E-state index in [2.05, 4.69) is 29.6 Å². The Balaban J connectivity index is 1.28. The number of carbonyl (C=O) groups is 3. The Hall–Kier alpha value is -3.35. The molecule has 2 N–H and O–H groups in total. The number of likely N-dealkylation sites (tertiary alicyclic amines) is 1. The Morgan fingerprint density at radius 3 is 2.24 bits per heavy atom. The molecule has 1 heterocycles. The molecule has 2 amide bonds. The predicted molar refractivity (Wildman–Crippen MR) is 128 cm³/mol. The minimum atomic E-state index is -0.855. The molecule has 1 aliphatic carbocycles. The van der Waals surface area contributed by atoms with Gasteiger partial charge in [-0.3, -0.25) is 9.59 Å². The van der Waals surface area contributed by atoms with E-state index in [1.54, 1.807) is 4.90 Å². The maximum absolute atomic E-state index is 12.7. The van der Waals surface area contributed by atoms with Crippen molar-refractivity contribution in [2.45, 2.75) is 32.6 Å². The normalized spacial score (nSPS) is 19.9. The monoisotopic (exact) mass is 464 g/mol. The molecule has 0 spiro atoms. The molecular formula is C27H32N2O5. The molecular weight excluding hydrogens is 432 g/mol. The number of ether oxygens (including phenoxy) is 1. The number of benzene rings is 2. The summed E-state index contributed by atoms with van der Waals surface area (Å²) in [5, 5.41) is 12.1. The van der Waals surface area contributed by atoms with Crippen molar-refractivity contribution in [2.75, 3.05) is 26.2 Å². The lowest BCUT2D eigenvalue weighted by Gasteiger charge is -2.21. The van der Waals surface area contributed by atoms with E-state index in [1.807, 2.05) is 38.1 Å². The number of rotatable bonds is 8. The first-order valence-corrected chi connectivity index (χ1v) is 12.0. The molecule has 0 radical (unpaired) electrons. The lowest BCUT2D eigenvalue weighted by molar-refractivity contribution is -0.142. The number of carboxylic acid groups (broad SMARTS) is 1. The molecule has 34 heavy (non-hydrogen) atoms. The first-order chi connectivity index (χ1) is 16.4. The summed E-state index contributed by atoms with van der Waals surface area (Å²) >= 11 is 0. The van der Waals surface area contributed by atoms with Crippen LogP contribution in [0.2, 0.25) is 0 Å². The van der Waals surface area contributed by atoms with Crippen LogP contribution in [0, 0.1) is 17.8 Å². The maximum atomic E-state index is 12.7. The van der Waals surface area contributed by atoms with Gasteiger partial charge in [0.05, 0.1) is 5.92 Å². The largest absolute Gasteiger partial charge is 0.481 e. The molecule has 4 rings (SSSR count). The third-order valence-corrected chi connectivity index (χ3v) is 7.20. The lowest BCUT2D eigenvalue weighted by atomic mass is 9.98. The van der Waals surface area contributed by atoms with Crippen molar-refractivity contribution in [3.05, 3.63) is 59.7 Å². The van der Waals surface area contributed by atoms with Gasteiger partial charge in [-0.15, -0.1) is 0 Å². The molecule has 1 aliphatic heterocycles. The number of nitrogens with one attached hydrogen (secondary N) is 1. The molecule has 1 saturated heterocycles. The summed E-state index contributed by atoms with van der Waals surface area (Å²) in [6.45, 7) is 5.15. The SMILES string of the molecule is CCC(CNC(=O)OCC1c2ccccc2-c2ccccc21)CC(=O)N1C[C@H](C(=O)O)[C@@H](C)C1. The van der Waals surface area contributed by atoms with E-state index in [-0.39, 0.29) is 43.2 Å².